The van der Waals surface area contributed by atoms with Gasteiger partial charge in [0.1, 0.15) is 17.4 Å². The molecule has 0 aromatic carbocycles. The molecule has 0 aliphatic carbocycles. The molecule has 0 radical (unpaired) electrons. The fraction of sp³-hybridized carbons (Fsp3) is 0.158. The minimum Gasteiger partial charge on any atom is -0.401 e. The van der Waals surface area contributed by atoms with Crippen molar-refractivity contribution in [3.8, 4) is 6.07 Å². The van der Waals surface area contributed by atoms with E-state index in [1.807, 2.05) is 38.1 Å². The molecule has 3 aromatic heterocycles. The van der Waals surface area contributed by atoms with Gasteiger partial charge in [0.2, 0.25) is 0 Å². The zero-order valence-electron chi connectivity index (χ0n) is 14.1. The Hall–Kier alpha value is -3.46. The molecule has 0 amide bonds. The standard InChI is InChI=1S/C19H18N6/c1-3-15(21)18(19(22)16-6-4-5-12(2)24-16)13-7-8-17-23-10-14(9-20)25(17)11-13/h4-8,10-11,22H,3,21H2,1-2H3/b18-15-,22-19?. The Labute approximate surface area is 145 Å². The number of hydrogen-bond donors (Lipinski definition) is 2. The summed E-state index contributed by atoms with van der Waals surface area (Å²) in [5.41, 5.74) is 11.0. The Morgan fingerprint density at radius 1 is 1.32 bits per heavy atom. The van der Waals surface area contributed by atoms with Crippen LogP contribution in [0.4, 0.5) is 0 Å². The molecule has 0 unspecified atom stereocenters. The van der Waals surface area contributed by atoms with E-state index in [0.29, 0.717) is 34.7 Å². The van der Waals surface area contributed by atoms with E-state index in [1.165, 1.54) is 6.20 Å². The largest absolute Gasteiger partial charge is 0.401 e. The SMILES string of the molecule is CC/C(N)=C(/C(=N)c1cccc(C)n1)c1ccc2ncc(C#N)n2c1. The third kappa shape index (κ3) is 3.00. The van der Waals surface area contributed by atoms with Crippen molar-refractivity contribution >= 4 is 16.9 Å². The zero-order valence-corrected chi connectivity index (χ0v) is 14.1. The molecule has 0 aliphatic heterocycles. The van der Waals surface area contributed by atoms with Gasteiger partial charge in [-0.15, -0.1) is 0 Å². The van der Waals surface area contributed by atoms with E-state index in [1.54, 1.807) is 16.7 Å². The van der Waals surface area contributed by atoms with Crippen molar-refractivity contribution < 1.29 is 0 Å². The van der Waals surface area contributed by atoms with E-state index >= 15 is 0 Å². The Bertz CT molecular complexity index is 1040. The lowest BCUT2D eigenvalue weighted by Gasteiger charge is -2.14. The lowest BCUT2D eigenvalue weighted by atomic mass is 9.97. The van der Waals surface area contributed by atoms with Crippen molar-refractivity contribution in [3.63, 3.8) is 0 Å². The van der Waals surface area contributed by atoms with Crippen LogP contribution < -0.4 is 5.73 Å². The molecule has 0 bridgehead atoms. The van der Waals surface area contributed by atoms with Crippen LogP contribution in [-0.2, 0) is 0 Å². The maximum atomic E-state index is 9.23. The number of fused-ring (bicyclic) bond motifs is 1. The number of nitriles is 1. The monoisotopic (exact) mass is 330 g/mol. The molecule has 3 rings (SSSR count). The van der Waals surface area contributed by atoms with Crippen LogP contribution in [0.5, 0.6) is 0 Å². The van der Waals surface area contributed by atoms with E-state index in [0.717, 1.165) is 11.3 Å². The van der Waals surface area contributed by atoms with Crippen LogP contribution >= 0.6 is 0 Å². The van der Waals surface area contributed by atoms with Crippen molar-refractivity contribution in [2.24, 2.45) is 5.73 Å². The van der Waals surface area contributed by atoms with Crippen molar-refractivity contribution in [3.05, 3.63) is 71.1 Å². The number of allylic oxidation sites excluding steroid dienone is 2. The van der Waals surface area contributed by atoms with Gasteiger partial charge in [-0.3, -0.25) is 14.8 Å². The number of rotatable bonds is 4. The summed E-state index contributed by atoms with van der Waals surface area (Å²) in [7, 11) is 0. The molecule has 0 fully saturated rings. The third-order valence-electron chi connectivity index (χ3n) is 4.01. The van der Waals surface area contributed by atoms with Gasteiger partial charge in [-0.1, -0.05) is 13.0 Å². The minimum absolute atomic E-state index is 0.265. The molecule has 6 heteroatoms. The summed E-state index contributed by atoms with van der Waals surface area (Å²) < 4.78 is 1.70. The Kier molecular flexibility index (Phi) is 4.31. The average Bonchev–Trinajstić information content (AvgIpc) is 3.04. The van der Waals surface area contributed by atoms with Crippen LogP contribution in [0.1, 0.15) is 36.0 Å². The van der Waals surface area contributed by atoms with Gasteiger partial charge in [0.05, 0.1) is 17.6 Å². The van der Waals surface area contributed by atoms with Crippen LogP contribution in [0.3, 0.4) is 0 Å². The van der Waals surface area contributed by atoms with Crippen LogP contribution in [0, 0.1) is 23.7 Å². The smallest absolute Gasteiger partial charge is 0.144 e. The van der Waals surface area contributed by atoms with Crippen molar-refractivity contribution in [1.29, 1.82) is 10.7 Å². The van der Waals surface area contributed by atoms with Crippen molar-refractivity contribution in [2.75, 3.05) is 0 Å². The highest BCUT2D eigenvalue weighted by Gasteiger charge is 2.16. The molecule has 25 heavy (non-hydrogen) atoms. The quantitative estimate of drug-likeness (QED) is 0.717. The highest BCUT2D eigenvalue weighted by atomic mass is 15.0. The Morgan fingerprint density at radius 3 is 2.80 bits per heavy atom. The highest BCUT2D eigenvalue weighted by molar-refractivity contribution is 6.30. The summed E-state index contributed by atoms with van der Waals surface area (Å²) in [5, 5.41) is 17.9. The summed E-state index contributed by atoms with van der Waals surface area (Å²) in [4.78, 5) is 8.63. The molecule has 3 heterocycles. The van der Waals surface area contributed by atoms with Crippen LogP contribution in [-0.4, -0.2) is 20.1 Å². The molecule has 0 spiro atoms. The molecular weight excluding hydrogens is 312 g/mol. The summed E-state index contributed by atoms with van der Waals surface area (Å²) in [6.07, 6.45) is 3.93. The van der Waals surface area contributed by atoms with E-state index < -0.39 is 0 Å². The second-order valence-corrected chi connectivity index (χ2v) is 5.69. The van der Waals surface area contributed by atoms with Crippen molar-refractivity contribution in [2.45, 2.75) is 20.3 Å². The normalized spacial score (nSPS) is 11.9. The van der Waals surface area contributed by atoms with Gasteiger partial charge in [0.25, 0.3) is 0 Å². The fourth-order valence-corrected chi connectivity index (χ4v) is 2.69. The predicted molar refractivity (Wildman–Crippen MR) is 97.1 cm³/mol. The number of nitrogens with zero attached hydrogens (tertiary/aromatic N) is 4. The molecule has 0 atom stereocenters. The highest BCUT2D eigenvalue weighted by Crippen LogP contribution is 2.23. The molecule has 3 aromatic rings. The summed E-state index contributed by atoms with van der Waals surface area (Å²) >= 11 is 0. The number of hydrogen-bond acceptors (Lipinski definition) is 5. The topological polar surface area (TPSA) is 104 Å². The van der Waals surface area contributed by atoms with E-state index in [-0.39, 0.29) is 5.71 Å². The first-order chi connectivity index (χ1) is 12.0. The van der Waals surface area contributed by atoms with Gasteiger partial charge >= 0.3 is 0 Å². The lowest BCUT2D eigenvalue weighted by molar-refractivity contribution is 1.07. The first-order valence-electron chi connectivity index (χ1n) is 7.94. The van der Waals surface area contributed by atoms with Gasteiger partial charge in [0.15, 0.2) is 0 Å². The molecule has 0 saturated carbocycles. The number of aryl methyl sites for hydroxylation is 1. The lowest BCUT2D eigenvalue weighted by Crippen LogP contribution is -2.13. The number of imidazole rings is 1. The maximum Gasteiger partial charge on any atom is 0.144 e. The number of aromatic nitrogens is 3. The number of nitrogens with two attached hydrogens (primary N) is 1. The summed E-state index contributed by atoms with van der Waals surface area (Å²) in [5.74, 6) is 0. The first-order valence-corrected chi connectivity index (χ1v) is 7.94. The Balaban J connectivity index is 2.18. The van der Waals surface area contributed by atoms with Crippen LogP contribution in [0.15, 0.2) is 48.4 Å². The second-order valence-electron chi connectivity index (χ2n) is 5.69. The predicted octanol–water partition coefficient (Wildman–Crippen LogP) is 3.06. The fourth-order valence-electron chi connectivity index (χ4n) is 2.69. The van der Waals surface area contributed by atoms with Crippen LogP contribution in [0.25, 0.3) is 11.2 Å². The Morgan fingerprint density at radius 2 is 2.12 bits per heavy atom. The number of nitrogens with one attached hydrogen (secondary N) is 1. The second kappa shape index (κ2) is 6.57. The van der Waals surface area contributed by atoms with Gasteiger partial charge in [-0.2, -0.15) is 5.26 Å². The molecule has 0 aliphatic rings. The minimum atomic E-state index is 0.265. The first kappa shape index (κ1) is 16.4. The molecule has 124 valence electrons. The molecule has 3 N–H and O–H groups in total. The average molecular weight is 330 g/mol. The number of pyridine rings is 2. The van der Waals surface area contributed by atoms with Gasteiger partial charge < -0.3 is 5.73 Å². The van der Waals surface area contributed by atoms with Crippen molar-refractivity contribution in [1.82, 2.24) is 14.4 Å². The summed E-state index contributed by atoms with van der Waals surface area (Å²) in [6, 6.07) is 11.4. The zero-order chi connectivity index (χ0) is 18.0. The van der Waals surface area contributed by atoms with E-state index in [4.69, 9.17) is 11.1 Å². The van der Waals surface area contributed by atoms with E-state index in [2.05, 4.69) is 16.0 Å². The van der Waals surface area contributed by atoms with Crippen LogP contribution in [0.2, 0.25) is 0 Å². The summed E-state index contributed by atoms with van der Waals surface area (Å²) in [6.45, 7) is 3.84. The van der Waals surface area contributed by atoms with Gasteiger partial charge in [-0.25, -0.2) is 4.98 Å². The maximum absolute atomic E-state index is 9.23. The third-order valence-corrected chi connectivity index (χ3v) is 4.01. The van der Waals surface area contributed by atoms with E-state index in [9.17, 15) is 5.26 Å². The van der Waals surface area contributed by atoms with Gasteiger partial charge in [0, 0.05) is 28.7 Å². The molecule has 0 saturated heterocycles. The molecule has 6 nitrogen and oxygen atoms in total. The van der Waals surface area contributed by atoms with Gasteiger partial charge in [-0.05, 0) is 37.6 Å². The molecular formula is C19H18N6.